The predicted molar refractivity (Wildman–Crippen MR) is 130 cm³/mol. The van der Waals surface area contributed by atoms with E-state index in [-0.39, 0.29) is 11.6 Å². The van der Waals surface area contributed by atoms with Crippen LogP contribution in [0.5, 0.6) is 5.75 Å². The molecule has 2 aliphatic rings. The van der Waals surface area contributed by atoms with Gasteiger partial charge < -0.3 is 25.2 Å². The molecule has 1 unspecified atom stereocenters. The minimum atomic E-state index is -0.119. The highest BCUT2D eigenvalue weighted by atomic mass is 16.5. The zero-order valence-corrected chi connectivity index (χ0v) is 19.3. The number of likely N-dealkylation sites (N-methyl/N-ethyl adjacent to an activating group) is 1. The zero-order valence-electron chi connectivity index (χ0n) is 19.3. The number of ether oxygens (including phenoxy) is 1. The van der Waals surface area contributed by atoms with E-state index in [1.807, 2.05) is 23.1 Å². The minimum Gasteiger partial charge on any atom is -0.494 e. The molecule has 8 heteroatoms. The number of urea groups is 1. The fourth-order valence-corrected chi connectivity index (χ4v) is 4.59. The Kier molecular flexibility index (Phi) is 5.54. The van der Waals surface area contributed by atoms with Gasteiger partial charge in [-0.1, -0.05) is 30.3 Å². The van der Waals surface area contributed by atoms with Crippen LogP contribution in [0.4, 0.5) is 16.3 Å². The van der Waals surface area contributed by atoms with E-state index in [9.17, 15) is 4.79 Å². The van der Waals surface area contributed by atoms with Gasteiger partial charge in [-0.05, 0) is 45.0 Å². The van der Waals surface area contributed by atoms with Crippen LogP contribution in [0, 0.1) is 0 Å². The van der Waals surface area contributed by atoms with Gasteiger partial charge in [-0.2, -0.15) is 0 Å². The third-order valence-electron chi connectivity index (χ3n) is 6.81. The molecule has 2 heterocycles. The number of fused-ring (bicyclic) bond motifs is 1. The van der Waals surface area contributed by atoms with Crippen molar-refractivity contribution in [3.63, 3.8) is 0 Å². The van der Waals surface area contributed by atoms with Gasteiger partial charge in [0.05, 0.1) is 23.9 Å². The number of methoxy groups -OCH3 is 1. The van der Waals surface area contributed by atoms with E-state index in [1.165, 1.54) is 5.56 Å². The monoisotopic (exact) mass is 446 g/mol. The van der Waals surface area contributed by atoms with Crippen molar-refractivity contribution in [1.82, 2.24) is 19.8 Å². The summed E-state index contributed by atoms with van der Waals surface area (Å²) in [7, 11) is 5.70. The number of nitrogens with zero attached hydrogens (tertiary/aromatic N) is 4. The van der Waals surface area contributed by atoms with E-state index >= 15 is 0 Å². The average molecular weight is 447 g/mol. The largest absolute Gasteiger partial charge is 0.494 e. The maximum Gasteiger partial charge on any atom is 0.322 e. The lowest BCUT2D eigenvalue weighted by molar-refractivity contribution is 0.216. The van der Waals surface area contributed by atoms with Crippen LogP contribution in [-0.2, 0) is 5.54 Å². The number of anilines is 2. The molecule has 1 aliphatic heterocycles. The fraction of sp³-hybridized carbons (Fsp3) is 0.400. The van der Waals surface area contributed by atoms with Crippen LogP contribution >= 0.6 is 0 Å². The topological polar surface area (TPSA) is 82.6 Å². The van der Waals surface area contributed by atoms with Crippen LogP contribution in [0.1, 0.15) is 24.8 Å². The van der Waals surface area contributed by atoms with Crippen molar-refractivity contribution in [2.24, 2.45) is 0 Å². The van der Waals surface area contributed by atoms with Gasteiger partial charge in [0.1, 0.15) is 17.9 Å². The first-order valence-corrected chi connectivity index (χ1v) is 11.4. The van der Waals surface area contributed by atoms with Crippen molar-refractivity contribution >= 4 is 28.4 Å². The number of amides is 2. The summed E-state index contributed by atoms with van der Waals surface area (Å²) in [5.41, 5.74) is 2.52. The number of nitrogens with one attached hydrogen (secondary N) is 2. The van der Waals surface area contributed by atoms with Gasteiger partial charge in [-0.15, -0.1) is 0 Å². The van der Waals surface area contributed by atoms with Gasteiger partial charge in [0, 0.05) is 30.6 Å². The third kappa shape index (κ3) is 4.18. The quantitative estimate of drug-likeness (QED) is 0.598. The van der Waals surface area contributed by atoms with Crippen molar-refractivity contribution < 1.29 is 9.53 Å². The summed E-state index contributed by atoms with van der Waals surface area (Å²) in [4.78, 5) is 26.0. The van der Waals surface area contributed by atoms with Crippen molar-refractivity contribution in [2.75, 3.05) is 44.9 Å². The highest BCUT2D eigenvalue weighted by molar-refractivity contribution is 5.98. The van der Waals surface area contributed by atoms with Crippen molar-refractivity contribution in [2.45, 2.75) is 30.8 Å². The second kappa shape index (κ2) is 8.51. The SMILES string of the molecule is COc1cc2ncnc(NC3(c4ccccc4)CC3)c2cc1NC(=O)N1CCC(N(C)C)C1. The third-order valence-corrected chi connectivity index (χ3v) is 6.81. The summed E-state index contributed by atoms with van der Waals surface area (Å²) in [5, 5.41) is 7.56. The second-order valence-corrected chi connectivity index (χ2v) is 9.15. The highest BCUT2D eigenvalue weighted by Crippen LogP contribution is 2.48. The van der Waals surface area contributed by atoms with Gasteiger partial charge in [0.25, 0.3) is 0 Å². The lowest BCUT2D eigenvalue weighted by atomic mass is 10.0. The molecule has 2 fully saturated rings. The van der Waals surface area contributed by atoms with Crippen molar-refractivity contribution in [3.8, 4) is 5.75 Å². The number of benzene rings is 2. The Hall–Kier alpha value is -3.39. The smallest absolute Gasteiger partial charge is 0.322 e. The van der Waals surface area contributed by atoms with Crippen molar-refractivity contribution in [3.05, 3.63) is 54.4 Å². The van der Waals surface area contributed by atoms with Gasteiger partial charge in [-0.3, -0.25) is 0 Å². The molecule has 172 valence electrons. The summed E-state index contributed by atoms with van der Waals surface area (Å²) in [6.45, 7) is 1.45. The molecule has 33 heavy (non-hydrogen) atoms. The summed E-state index contributed by atoms with van der Waals surface area (Å²) in [6.07, 6.45) is 4.63. The lowest BCUT2D eigenvalue weighted by Crippen LogP contribution is -2.36. The summed E-state index contributed by atoms with van der Waals surface area (Å²) in [6, 6.07) is 14.5. The minimum absolute atomic E-state index is 0.109. The van der Waals surface area contributed by atoms with E-state index in [4.69, 9.17) is 4.74 Å². The maximum atomic E-state index is 13.0. The first-order chi connectivity index (χ1) is 16.0. The molecule has 1 saturated heterocycles. The van der Waals surface area contributed by atoms with Crippen LogP contribution < -0.4 is 15.4 Å². The molecule has 2 amide bonds. The van der Waals surface area contributed by atoms with Crippen LogP contribution in [-0.4, -0.2) is 66.1 Å². The number of hydrogen-bond acceptors (Lipinski definition) is 6. The number of carbonyl (C=O) groups is 1. The fourth-order valence-electron chi connectivity index (χ4n) is 4.59. The molecule has 2 N–H and O–H groups in total. The molecule has 3 aromatic rings. The highest BCUT2D eigenvalue weighted by Gasteiger charge is 2.44. The normalized spacial score (nSPS) is 19.0. The van der Waals surface area contributed by atoms with Gasteiger partial charge >= 0.3 is 6.03 Å². The molecule has 2 aromatic carbocycles. The first kappa shape index (κ1) is 21.5. The van der Waals surface area contributed by atoms with E-state index < -0.39 is 0 Å². The standard InChI is InChI=1S/C25H30N6O2/c1-30(2)18-9-12-31(15-18)24(32)28-21-13-19-20(14-22(21)33-3)26-16-27-23(19)29-25(10-11-25)17-7-5-4-6-8-17/h4-8,13-14,16,18H,9-12,15H2,1-3H3,(H,28,32)(H,26,27,29). The number of carbonyl (C=O) groups excluding carboxylic acids is 1. The number of rotatable bonds is 6. The summed E-state index contributed by atoms with van der Waals surface area (Å²) < 4.78 is 5.58. The molecule has 0 spiro atoms. The van der Waals surface area contributed by atoms with E-state index in [1.54, 1.807) is 13.4 Å². The van der Waals surface area contributed by atoms with Crippen LogP contribution in [0.2, 0.25) is 0 Å². The molecule has 1 atom stereocenters. The molecule has 1 aliphatic carbocycles. The molecular weight excluding hydrogens is 416 g/mol. The zero-order chi connectivity index (χ0) is 23.0. The Balaban J connectivity index is 1.43. The number of hydrogen-bond donors (Lipinski definition) is 2. The first-order valence-electron chi connectivity index (χ1n) is 11.4. The van der Waals surface area contributed by atoms with Crippen LogP contribution in [0.3, 0.4) is 0 Å². The molecule has 5 rings (SSSR count). The van der Waals surface area contributed by atoms with E-state index in [2.05, 4.69) is 63.9 Å². The molecule has 0 bridgehead atoms. The van der Waals surface area contributed by atoms with Crippen LogP contribution in [0.25, 0.3) is 10.9 Å². The van der Waals surface area contributed by atoms with Crippen molar-refractivity contribution in [1.29, 1.82) is 0 Å². The van der Waals surface area contributed by atoms with Gasteiger partial charge in [0.15, 0.2) is 0 Å². The van der Waals surface area contributed by atoms with Gasteiger partial charge in [-0.25, -0.2) is 14.8 Å². The van der Waals surface area contributed by atoms with Gasteiger partial charge in [0.2, 0.25) is 0 Å². The number of aromatic nitrogens is 2. The Morgan fingerprint density at radius 3 is 2.64 bits per heavy atom. The average Bonchev–Trinajstić information content (AvgIpc) is 3.43. The Morgan fingerprint density at radius 2 is 1.97 bits per heavy atom. The Morgan fingerprint density at radius 1 is 1.18 bits per heavy atom. The molecule has 1 saturated carbocycles. The summed E-state index contributed by atoms with van der Waals surface area (Å²) in [5.74, 6) is 1.33. The summed E-state index contributed by atoms with van der Waals surface area (Å²) >= 11 is 0. The molecule has 1 aromatic heterocycles. The molecule has 0 radical (unpaired) electrons. The van der Waals surface area contributed by atoms with Crippen LogP contribution in [0.15, 0.2) is 48.8 Å². The van der Waals surface area contributed by atoms with E-state index in [0.29, 0.717) is 24.0 Å². The number of likely N-dealkylation sites (tertiary alicyclic amines) is 1. The maximum absolute atomic E-state index is 13.0. The Bertz CT molecular complexity index is 1160. The molecule has 8 nitrogen and oxygen atoms in total. The van der Waals surface area contributed by atoms with E-state index in [0.717, 1.165) is 42.5 Å². The second-order valence-electron chi connectivity index (χ2n) is 9.15. The predicted octanol–water partition coefficient (Wildman–Crippen LogP) is 3.91. The Labute approximate surface area is 194 Å². The molecular formula is C25H30N6O2. The lowest BCUT2D eigenvalue weighted by Gasteiger charge is -2.22.